The molecule has 0 bridgehead atoms. The molecule has 2 rings (SSSR count). The monoisotopic (exact) mass is 537 g/mol. The number of aromatic carboxylic acids is 2. The van der Waals surface area contributed by atoms with Crippen LogP contribution in [-0.2, 0) is 36.2 Å². The fourth-order valence-electron chi connectivity index (χ4n) is 2.38. The number of esters is 4. The van der Waals surface area contributed by atoms with E-state index in [1.807, 2.05) is 0 Å². The average Bonchev–Trinajstić information content (AvgIpc) is 2.66. The smallest absolute Gasteiger partial charge is 0.545 e. The Bertz CT molecular complexity index is 981. The summed E-state index contributed by atoms with van der Waals surface area (Å²) in [7, 11) is 0. The molecule has 1 radical (unpaired) electrons. The Labute approximate surface area is 209 Å². The number of carbonyl (C=O) groups is 6. The topological polar surface area (TPSA) is 185 Å². The Morgan fingerprint density at radius 2 is 0.714 bits per heavy atom. The van der Waals surface area contributed by atoms with E-state index in [4.69, 9.17) is 0 Å². The normalized spacial score (nSPS) is 9.26. The van der Waals surface area contributed by atoms with E-state index in [2.05, 4.69) is 18.9 Å². The predicted octanol–water partition coefficient (Wildman–Crippen LogP) is -0.201. The molecule has 35 heavy (non-hydrogen) atoms. The molecule has 0 saturated heterocycles. The molecular formula is C22H18CuO12. The number of carbonyl (C=O) groups excluding carboxylic acids is 6. The van der Waals surface area contributed by atoms with Gasteiger partial charge in [0.1, 0.15) is 23.0 Å². The van der Waals surface area contributed by atoms with E-state index in [1.165, 1.54) is 36.4 Å². The fourth-order valence-corrected chi connectivity index (χ4v) is 2.38. The minimum Gasteiger partial charge on any atom is -0.545 e. The Hall–Kier alpha value is -4.22. The summed E-state index contributed by atoms with van der Waals surface area (Å²) in [5.74, 6) is -6.85. The first-order chi connectivity index (χ1) is 15.8. The molecule has 0 N–H and O–H groups in total. The first-order valence-corrected chi connectivity index (χ1v) is 9.25. The van der Waals surface area contributed by atoms with E-state index in [0.717, 1.165) is 27.7 Å². The van der Waals surface area contributed by atoms with Gasteiger partial charge in [-0.05, 0) is 24.3 Å². The third kappa shape index (κ3) is 10.1. The van der Waals surface area contributed by atoms with Crippen molar-refractivity contribution in [3.63, 3.8) is 0 Å². The van der Waals surface area contributed by atoms with Gasteiger partial charge >= 0.3 is 40.9 Å². The molecule has 189 valence electrons. The second-order valence-corrected chi connectivity index (χ2v) is 6.21. The number of hydrogen-bond acceptors (Lipinski definition) is 12. The molecule has 12 nitrogen and oxygen atoms in total. The summed E-state index contributed by atoms with van der Waals surface area (Å²) in [6.07, 6.45) is 0. The van der Waals surface area contributed by atoms with E-state index in [9.17, 15) is 39.0 Å². The average molecular weight is 538 g/mol. The van der Waals surface area contributed by atoms with E-state index in [1.54, 1.807) is 0 Å². The summed E-state index contributed by atoms with van der Waals surface area (Å²) in [4.78, 5) is 64.9. The van der Waals surface area contributed by atoms with E-state index in [0.29, 0.717) is 0 Å². The Balaban J connectivity index is 0.000000642. The van der Waals surface area contributed by atoms with Crippen molar-refractivity contribution in [2.24, 2.45) is 0 Å². The van der Waals surface area contributed by atoms with Gasteiger partial charge in [0.15, 0.2) is 0 Å². The Kier molecular flexibility index (Phi) is 12.4. The summed E-state index contributed by atoms with van der Waals surface area (Å²) in [5.41, 5.74) is -0.948. The van der Waals surface area contributed by atoms with Gasteiger partial charge in [-0.15, -0.1) is 0 Å². The summed E-state index contributed by atoms with van der Waals surface area (Å²) in [6.45, 7) is 4.49. The van der Waals surface area contributed by atoms with Gasteiger partial charge in [-0.3, -0.25) is 19.2 Å². The fraction of sp³-hybridized carbons (Fsp3) is 0.182. The van der Waals surface area contributed by atoms with Crippen molar-refractivity contribution in [2.45, 2.75) is 27.7 Å². The number of carboxylic acid groups (broad SMARTS) is 2. The van der Waals surface area contributed by atoms with Gasteiger partial charge < -0.3 is 38.7 Å². The summed E-state index contributed by atoms with van der Waals surface area (Å²) >= 11 is 0. The summed E-state index contributed by atoms with van der Waals surface area (Å²) in [6, 6.07) is 7.84. The first kappa shape index (κ1) is 30.8. The minimum absolute atomic E-state index is 0. The van der Waals surface area contributed by atoms with Crippen LogP contribution >= 0.6 is 0 Å². The molecule has 2 aromatic carbocycles. The van der Waals surface area contributed by atoms with Crippen LogP contribution in [0.5, 0.6) is 23.0 Å². The van der Waals surface area contributed by atoms with Crippen LogP contribution in [0, 0.1) is 0 Å². The largest absolute Gasteiger partial charge is 2.00 e. The quantitative estimate of drug-likeness (QED) is 0.269. The summed E-state index contributed by atoms with van der Waals surface area (Å²) in [5, 5.41) is 21.8. The maximum absolute atomic E-state index is 10.9. The van der Waals surface area contributed by atoms with Crippen LogP contribution in [0.1, 0.15) is 48.4 Å². The molecule has 0 amide bonds. The zero-order valence-corrected chi connectivity index (χ0v) is 19.6. The van der Waals surface area contributed by atoms with Gasteiger partial charge in [0.2, 0.25) is 0 Å². The van der Waals surface area contributed by atoms with Gasteiger partial charge in [0.05, 0.1) is 23.1 Å². The van der Waals surface area contributed by atoms with Crippen molar-refractivity contribution in [3.8, 4) is 23.0 Å². The van der Waals surface area contributed by atoms with Crippen LogP contribution in [0.25, 0.3) is 0 Å². The molecule has 0 saturated carbocycles. The standard InChI is InChI=1S/2C11H10O6.Cu/c2*1-6(12)16-8-4-3-5-9(17-7(2)13)10(8)11(14)15;/h2*3-5H,1-2H3,(H,14,15);/q;;+2/p-2. The third-order valence-corrected chi connectivity index (χ3v) is 3.40. The predicted molar refractivity (Wildman–Crippen MR) is 107 cm³/mol. The van der Waals surface area contributed by atoms with Crippen molar-refractivity contribution >= 4 is 35.8 Å². The molecule has 0 aromatic heterocycles. The number of benzene rings is 2. The Morgan fingerprint density at radius 3 is 0.857 bits per heavy atom. The number of rotatable bonds is 6. The molecule has 0 aliphatic heterocycles. The maximum atomic E-state index is 10.9. The van der Waals surface area contributed by atoms with Crippen molar-refractivity contribution < 1.29 is 75.0 Å². The van der Waals surface area contributed by atoms with Crippen molar-refractivity contribution in [1.82, 2.24) is 0 Å². The van der Waals surface area contributed by atoms with Crippen molar-refractivity contribution in [1.29, 1.82) is 0 Å². The second-order valence-electron chi connectivity index (χ2n) is 6.21. The summed E-state index contributed by atoms with van der Waals surface area (Å²) < 4.78 is 18.7. The van der Waals surface area contributed by atoms with E-state index < -0.39 is 46.9 Å². The third-order valence-electron chi connectivity index (χ3n) is 3.40. The van der Waals surface area contributed by atoms with Crippen molar-refractivity contribution in [3.05, 3.63) is 47.5 Å². The van der Waals surface area contributed by atoms with Gasteiger partial charge in [-0.25, -0.2) is 0 Å². The molecule has 0 unspecified atom stereocenters. The maximum Gasteiger partial charge on any atom is 2.00 e. The van der Waals surface area contributed by atoms with Crippen LogP contribution in [0.15, 0.2) is 36.4 Å². The molecule has 2 aromatic rings. The van der Waals surface area contributed by atoms with Crippen molar-refractivity contribution in [2.75, 3.05) is 0 Å². The van der Waals surface area contributed by atoms with Crippen LogP contribution < -0.4 is 29.2 Å². The number of hydrogen-bond donors (Lipinski definition) is 0. The zero-order valence-electron chi connectivity index (χ0n) is 18.7. The molecule has 0 fully saturated rings. The molecule has 0 heterocycles. The number of carboxylic acids is 2. The van der Waals surface area contributed by atoms with E-state index >= 15 is 0 Å². The van der Waals surface area contributed by atoms with E-state index in [-0.39, 0.29) is 40.1 Å². The van der Waals surface area contributed by atoms with Gasteiger partial charge in [0.25, 0.3) is 0 Å². The minimum atomic E-state index is -1.60. The number of ether oxygens (including phenoxy) is 4. The van der Waals surface area contributed by atoms with Gasteiger partial charge in [0, 0.05) is 27.7 Å². The van der Waals surface area contributed by atoms with Crippen LogP contribution in [-0.4, -0.2) is 35.8 Å². The molecule has 0 aliphatic carbocycles. The molecule has 0 atom stereocenters. The molecule has 0 aliphatic rings. The van der Waals surface area contributed by atoms with Crippen LogP contribution in [0.4, 0.5) is 0 Å². The first-order valence-electron chi connectivity index (χ1n) is 9.25. The Morgan fingerprint density at radius 1 is 0.514 bits per heavy atom. The van der Waals surface area contributed by atoms with Gasteiger partial charge in [-0.1, -0.05) is 12.1 Å². The molecule has 0 spiro atoms. The SMILES string of the molecule is CC(=O)Oc1cccc(OC(C)=O)c1C(=O)[O-].CC(=O)Oc1cccc(OC(C)=O)c1C(=O)[O-].[Cu+2]. The van der Waals surface area contributed by atoms with Crippen LogP contribution in [0.2, 0.25) is 0 Å². The second kappa shape index (κ2) is 14.1. The molecule has 13 heteroatoms. The molecular weight excluding hydrogens is 520 g/mol. The zero-order chi connectivity index (χ0) is 26.0. The van der Waals surface area contributed by atoms with Crippen LogP contribution in [0.3, 0.4) is 0 Å². The van der Waals surface area contributed by atoms with Gasteiger partial charge in [-0.2, -0.15) is 0 Å².